The van der Waals surface area contributed by atoms with Crippen molar-refractivity contribution in [3.8, 4) is 11.5 Å². The first-order valence-corrected chi connectivity index (χ1v) is 9.05. The Morgan fingerprint density at radius 2 is 2.33 bits per heavy atom. The lowest BCUT2D eigenvalue weighted by atomic mass is 9.91. The number of alkyl halides is 1. The number of hydrogen-bond donors (Lipinski definition) is 0. The molecule has 0 radical (unpaired) electrons. The van der Waals surface area contributed by atoms with Crippen LogP contribution < -0.4 is 9.47 Å². The van der Waals surface area contributed by atoms with Crippen molar-refractivity contribution >= 4 is 23.4 Å². The summed E-state index contributed by atoms with van der Waals surface area (Å²) in [6, 6.07) is 5.88. The predicted molar refractivity (Wildman–Crippen MR) is 86.8 cm³/mol. The van der Waals surface area contributed by atoms with Gasteiger partial charge < -0.3 is 14.2 Å². The quantitative estimate of drug-likeness (QED) is 0.784. The van der Waals surface area contributed by atoms with Crippen molar-refractivity contribution in [1.82, 2.24) is 0 Å². The molecule has 3 nitrogen and oxygen atoms in total. The van der Waals surface area contributed by atoms with Crippen LogP contribution in [-0.2, 0) is 10.6 Å². The van der Waals surface area contributed by atoms with E-state index in [4.69, 9.17) is 25.8 Å². The van der Waals surface area contributed by atoms with Crippen LogP contribution in [0.5, 0.6) is 11.5 Å². The van der Waals surface area contributed by atoms with E-state index in [0.717, 1.165) is 48.7 Å². The maximum atomic E-state index is 6.23. The summed E-state index contributed by atoms with van der Waals surface area (Å²) in [5, 5.41) is 0. The minimum Gasteiger partial charge on any atom is -0.493 e. The molecule has 0 aromatic heterocycles. The molecule has 116 valence electrons. The van der Waals surface area contributed by atoms with Crippen LogP contribution in [0.4, 0.5) is 0 Å². The van der Waals surface area contributed by atoms with Crippen molar-refractivity contribution in [3.05, 3.63) is 23.8 Å². The number of methoxy groups -OCH3 is 1. The molecule has 0 saturated carbocycles. The zero-order valence-corrected chi connectivity index (χ0v) is 13.8. The van der Waals surface area contributed by atoms with Gasteiger partial charge in [-0.1, -0.05) is 6.07 Å². The molecule has 0 bridgehead atoms. The Kier molecular flexibility index (Phi) is 4.87. The van der Waals surface area contributed by atoms with Gasteiger partial charge >= 0.3 is 0 Å². The summed E-state index contributed by atoms with van der Waals surface area (Å²) in [5.74, 6) is 4.33. The van der Waals surface area contributed by atoms with E-state index in [9.17, 15) is 0 Å². The molecule has 3 rings (SSSR count). The summed E-state index contributed by atoms with van der Waals surface area (Å²) in [6.07, 6.45) is 3.22. The Bertz CT molecular complexity index is 488. The van der Waals surface area contributed by atoms with E-state index < -0.39 is 0 Å². The van der Waals surface area contributed by atoms with Crippen molar-refractivity contribution in [2.24, 2.45) is 0 Å². The third-order valence-corrected chi connectivity index (χ3v) is 5.72. The summed E-state index contributed by atoms with van der Waals surface area (Å²) in [5.41, 5.74) is 1.08. The van der Waals surface area contributed by atoms with Gasteiger partial charge in [0.1, 0.15) is 6.10 Å². The summed E-state index contributed by atoms with van der Waals surface area (Å²) in [6.45, 7) is 0.780. The number of benzene rings is 1. The third-order valence-electron chi connectivity index (χ3n) is 4.19. The number of halogens is 1. The Morgan fingerprint density at radius 1 is 1.43 bits per heavy atom. The van der Waals surface area contributed by atoms with Gasteiger partial charge in [-0.2, -0.15) is 11.8 Å². The monoisotopic (exact) mass is 328 g/mol. The topological polar surface area (TPSA) is 27.7 Å². The van der Waals surface area contributed by atoms with E-state index in [1.165, 1.54) is 5.75 Å². The molecular formula is C16H21ClO3S. The van der Waals surface area contributed by atoms with Gasteiger partial charge in [0, 0.05) is 24.5 Å². The Balaban J connectivity index is 1.73. The average Bonchev–Trinajstić information content (AvgIpc) is 2.95. The third kappa shape index (κ3) is 3.43. The van der Waals surface area contributed by atoms with Gasteiger partial charge in [-0.25, -0.2) is 0 Å². The highest BCUT2D eigenvalue weighted by Crippen LogP contribution is 2.40. The van der Waals surface area contributed by atoms with Crippen molar-refractivity contribution in [1.29, 1.82) is 0 Å². The number of thioether (sulfide) groups is 1. The zero-order chi connectivity index (χ0) is 14.7. The molecule has 2 saturated heterocycles. The zero-order valence-electron chi connectivity index (χ0n) is 12.3. The molecule has 2 atom stereocenters. The van der Waals surface area contributed by atoms with Crippen LogP contribution in [-0.4, -0.2) is 36.9 Å². The van der Waals surface area contributed by atoms with E-state index in [1.807, 2.05) is 30.0 Å². The summed E-state index contributed by atoms with van der Waals surface area (Å²) in [4.78, 5) is 0. The Hall–Kier alpha value is -0.580. The first-order valence-electron chi connectivity index (χ1n) is 7.36. The van der Waals surface area contributed by atoms with Gasteiger partial charge in [0.15, 0.2) is 11.5 Å². The van der Waals surface area contributed by atoms with Crippen molar-refractivity contribution < 1.29 is 14.2 Å². The van der Waals surface area contributed by atoms with Gasteiger partial charge in [-0.3, -0.25) is 0 Å². The molecule has 5 heteroatoms. The van der Waals surface area contributed by atoms with Crippen LogP contribution in [0.1, 0.15) is 24.8 Å². The average molecular weight is 329 g/mol. The fourth-order valence-corrected chi connectivity index (χ4v) is 4.57. The molecule has 2 aliphatic heterocycles. The second-order valence-corrected chi connectivity index (χ2v) is 7.06. The lowest BCUT2D eigenvalue weighted by Crippen LogP contribution is -2.43. The molecule has 0 N–H and O–H groups in total. The van der Waals surface area contributed by atoms with Crippen molar-refractivity contribution in [3.63, 3.8) is 0 Å². The maximum absolute atomic E-state index is 6.23. The smallest absolute Gasteiger partial charge is 0.161 e. The summed E-state index contributed by atoms with van der Waals surface area (Å²) >= 11 is 7.90. The SMILES string of the molecule is COc1ccc(CCl)cc1OC1CCOC2(CCSC2)C1. The number of rotatable bonds is 4. The molecule has 1 aromatic rings. The lowest BCUT2D eigenvalue weighted by molar-refractivity contribution is -0.0961. The number of ether oxygens (including phenoxy) is 3. The summed E-state index contributed by atoms with van der Waals surface area (Å²) in [7, 11) is 1.67. The number of hydrogen-bond acceptors (Lipinski definition) is 4. The van der Waals surface area contributed by atoms with Crippen LogP contribution in [0.25, 0.3) is 0 Å². The van der Waals surface area contributed by atoms with Gasteiger partial charge in [0.2, 0.25) is 0 Å². The molecule has 0 aliphatic carbocycles. The standard InChI is InChI=1S/C16H21ClO3S/c1-18-14-3-2-12(10-17)8-15(14)20-13-4-6-19-16(9-13)5-7-21-11-16/h2-3,8,13H,4-7,9-11H2,1H3. The van der Waals surface area contributed by atoms with Crippen LogP contribution in [0.3, 0.4) is 0 Å². The van der Waals surface area contributed by atoms with Crippen molar-refractivity contribution in [2.75, 3.05) is 25.2 Å². The molecule has 2 aliphatic rings. The molecule has 1 spiro atoms. The minimum absolute atomic E-state index is 0.0327. The highest BCUT2D eigenvalue weighted by Gasteiger charge is 2.41. The van der Waals surface area contributed by atoms with Gasteiger partial charge in [0.25, 0.3) is 0 Å². The van der Waals surface area contributed by atoms with Crippen LogP contribution in [0.2, 0.25) is 0 Å². The molecule has 2 fully saturated rings. The fraction of sp³-hybridized carbons (Fsp3) is 0.625. The van der Waals surface area contributed by atoms with Gasteiger partial charge in [-0.05, 0) is 29.9 Å². The highest BCUT2D eigenvalue weighted by molar-refractivity contribution is 7.99. The lowest BCUT2D eigenvalue weighted by Gasteiger charge is -2.37. The molecule has 2 heterocycles. The summed E-state index contributed by atoms with van der Waals surface area (Å²) < 4.78 is 17.7. The highest BCUT2D eigenvalue weighted by atomic mass is 35.5. The van der Waals surface area contributed by atoms with E-state index in [2.05, 4.69) is 0 Å². The first kappa shape index (κ1) is 15.3. The van der Waals surface area contributed by atoms with Crippen LogP contribution in [0.15, 0.2) is 18.2 Å². The first-order chi connectivity index (χ1) is 10.2. The predicted octanol–water partition coefficient (Wildman–Crippen LogP) is 3.87. The van der Waals surface area contributed by atoms with E-state index in [0.29, 0.717) is 5.88 Å². The van der Waals surface area contributed by atoms with Gasteiger partial charge in [0.05, 0.1) is 19.3 Å². The molecule has 1 aromatic carbocycles. The molecule has 0 amide bonds. The molecule has 21 heavy (non-hydrogen) atoms. The molecular weight excluding hydrogens is 308 g/mol. The normalized spacial score (nSPS) is 28.8. The minimum atomic E-state index is 0.0327. The van der Waals surface area contributed by atoms with E-state index >= 15 is 0 Å². The second-order valence-electron chi connectivity index (χ2n) is 5.69. The van der Waals surface area contributed by atoms with Crippen LogP contribution in [0, 0.1) is 0 Å². The van der Waals surface area contributed by atoms with Crippen molar-refractivity contribution in [2.45, 2.75) is 36.8 Å². The second kappa shape index (κ2) is 6.67. The van der Waals surface area contributed by atoms with E-state index in [1.54, 1.807) is 7.11 Å². The molecule has 2 unspecified atom stereocenters. The Morgan fingerprint density at radius 3 is 3.05 bits per heavy atom. The largest absolute Gasteiger partial charge is 0.493 e. The maximum Gasteiger partial charge on any atom is 0.161 e. The van der Waals surface area contributed by atoms with Gasteiger partial charge in [-0.15, -0.1) is 11.6 Å². The van der Waals surface area contributed by atoms with E-state index in [-0.39, 0.29) is 11.7 Å². The van der Waals surface area contributed by atoms with Crippen LogP contribution >= 0.6 is 23.4 Å². The Labute approximate surface area is 135 Å². The fourth-order valence-electron chi connectivity index (χ4n) is 3.02.